The van der Waals surface area contributed by atoms with Crippen LogP contribution in [0.3, 0.4) is 0 Å². The van der Waals surface area contributed by atoms with Crippen LogP contribution in [0.25, 0.3) is 11.4 Å². The Morgan fingerprint density at radius 1 is 1.11 bits per heavy atom. The van der Waals surface area contributed by atoms with Gasteiger partial charge in [-0.15, -0.1) is 10.2 Å². The summed E-state index contributed by atoms with van der Waals surface area (Å²) in [6, 6.07) is 13.8. The molecule has 0 saturated heterocycles. The van der Waals surface area contributed by atoms with Crippen molar-refractivity contribution in [3.63, 3.8) is 0 Å². The summed E-state index contributed by atoms with van der Waals surface area (Å²) in [5, 5.41) is 15.5. The van der Waals surface area contributed by atoms with Crippen LogP contribution in [0.15, 0.2) is 48.5 Å². The van der Waals surface area contributed by atoms with E-state index in [-0.39, 0.29) is 18.2 Å². The van der Waals surface area contributed by atoms with E-state index in [1.807, 2.05) is 26.8 Å². The molecular formula is C20H20ClN5O2. The molecule has 0 radical (unpaired) electrons. The minimum Gasteiger partial charge on any atom is -0.326 e. The molecule has 1 aromatic heterocycles. The van der Waals surface area contributed by atoms with Crippen LogP contribution >= 0.6 is 11.6 Å². The van der Waals surface area contributed by atoms with E-state index >= 15 is 0 Å². The number of halogens is 1. The van der Waals surface area contributed by atoms with Crippen molar-refractivity contribution in [2.24, 2.45) is 5.41 Å². The van der Waals surface area contributed by atoms with Crippen LogP contribution in [0.2, 0.25) is 5.02 Å². The lowest BCUT2D eigenvalue weighted by atomic mass is 9.95. The largest absolute Gasteiger partial charge is 0.326 e. The summed E-state index contributed by atoms with van der Waals surface area (Å²) >= 11 is 5.97. The molecule has 0 aliphatic carbocycles. The molecule has 2 aromatic carbocycles. The number of carbonyl (C=O) groups excluding carboxylic acids is 2. The third-order valence-corrected chi connectivity index (χ3v) is 4.20. The molecule has 0 aliphatic rings. The highest BCUT2D eigenvalue weighted by Crippen LogP contribution is 2.19. The van der Waals surface area contributed by atoms with Crippen LogP contribution in [-0.4, -0.2) is 31.9 Å². The molecule has 8 heteroatoms. The van der Waals surface area contributed by atoms with Crippen LogP contribution in [0, 0.1) is 5.41 Å². The SMILES string of the molecule is CC(C)(C)C(=O)Nc1ccc(C(=O)Cn2nnc(-c3cccc(Cl)c3)n2)cc1. The highest BCUT2D eigenvalue weighted by molar-refractivity contribution is 6.30. The van der Waals surface area contributed by atoms with Gasteiger partial charge in [-0.2, -0.15) is 4.80 Å². The monoisotopic (exact) mass is 397 g/mol. The van der Waals surface area contributed by atoms with Crippen molar-refractivity contribution in [1.29, 1.82) is 0 Å². The van der Waals surface area contributed by atoms with E-state index in [0.717, 1.165) is 5.56 Å². The summed E-state index contributed by atoms with van der Waals surface area (Å²) in [5.74, 6) is 0.145. The third kappa shape index (κ3) is 4.80. The van der Waals surface area contributed by atoms with Crippen LogP contribution in [0.1, 0.15) is 31.1 Å². The summed E-state index contributed by atoms with van der Waals surface area (Å²) in [4.78, 5) is 25.7. The maximum atomic E-state index is 12.5. The zero-order chi connectivity index (χ0) is 20.3. The van der Waals surface area contributed by atoms with Gasteiger partial charge in [-0.25, -0.2) is 0 Å². The van der Waals surface area contributed by atoms with Crippen molar-refractivity contribution in [2.45, 2.75) is 27.3 Å². The first-order chi connectivity index (χ1) is 13.2. The van der Waals surface area contributed by atoms with E-state index in [9.17, 15) is 9.59 Å². The standard InChI is InChI=1S/C20H20ClN5O2/c1-20(2,3)19(28)22-16-9-7-13(8-10-16)17(27)12-26-24-18(23-25-26)14-5-4-6-15(21)11-14/h4-11H,12H2,1-3H3,(H,22,28). The molecule has 144 valence electrons. The minimum absolute atomic E-state index is 0.0404. The van der Waals surface area contributed by atoms with Crippen molar-refractivity contribution in [2.75, 3.05) is 5.32 Å². The Hall–Kier alpha value is -3.06. The fourth-order valence-electron chi connectivity index (χ4n) is 2.33. The lowest BCUT2D eigenvalue weighted by molar-refractivity contribution is -0.123. The number of anilines is 1. The molecular weight excluding hydrogens is 378 g/mol. The van der Waals surface area contributed by atoms with E-state index < -0.39 is 5.41 Å². The third-order valence-electron chi connectivity index (χ3n) is 3.97. The van der Waals surface area contributed by atoms with E-state index in [1.165, 1.54) is 4.80 Å². The molecule has 0 unspecified atom stereocenters. The lowest BCUT2D eigenvalue weighted by Gasteiger charge is -2.17. The van der Waals surface area contributed by atoms with Crippen LogP contribution in [0.5, 0.6) is 0 Å². The van der Waals surface area contributed by atoms with Gasteiger partial charge in [-0.3, -0.25) is 9.59 Å². The molecule has 1 N–H and O–H groups in total. The molecule has 0 saturated carbocycles. The average Bonchev–Trinajstić information content (AvgIpc) is 3.10. The lowest BCUT2D eigenvalue weighted by Crippen LogP contribution is -2.27. The van der Waals surface area contributed by atoms with Crippen LogP contribution < -0.4 is 5.32 Å². The molecule has 0 bridgehead atoms. The number of carbonyl (C=O) groups is 2. The Labute approximate surface area is 167 Å². The quantitative estimate of drug-likeness (QED) is 0.660. The first kappa shape index (κ1) is 19.7. The molecule has 3 aromatic rings. The summed E-state index contributed by atoms with van der Waals surface area (Å²) < 4.78 is 0. The normalized spacial score (nSPS) is 11.3. The Kier molecular flexibility index (Phi) is 5.56. The number of nitrogens with zero attached hydrogens (tertiary/aromatic N) is 4. The summed E-state index contributed by atoms with van der Waals surface area (Å²) in [6.07, 6.45) is 0. The number of tetrazole rings is 1. The smallest absolute Gasteiger partial charge is 0.229 e. The predicted octanol–water partition coefficient (Wildman–Crippen LogP) is 3.86. The predicted molar refractivity (Wildman–Crippen MR) is 107 cm³/mol. The van der Waals surface area contributed by atoms with E-state index in [1.54, 1.807) is 42.5 Å². The number of aromatic nitrogens is 4. The molecule has 0 spiro atoms. The number of hydrogen-bond acceptors (Lipinski definition) is 5. The second-order valence-corrected chi connectivity index (χ2v) is 7.79. The topological polar surface area (TPSA) is 89.8 Å². The second-order valence-electron chi connectivity index (χ2n) is 7.36. The van der Waals surface area contributed by atoms with Gasteiger partial charge >= 0.3 is 0 Å². The number of amides is 1. The average molecular weight is 398 g/mol. The van der Waals surface area contributed by atoms with Gasteiger partial charge in [0.15, 0.2) is 5.78 Å². The summed E-state index contributed by atoms with van der Waals surface area (Å²) in [5.41, 5.74) is 1.37. The van der Waals surface area contributed by atoms with Crippen molar-refractivity contribution in [1.82, 2.24) is 20.2 Å². The van der Waals surface area contributed by atoms with Gasteiger partial charge in [-0.05, 0) is 41.6 Å². The van der Waals surface area contributed by atoms with Crippen LogP contribution in [-0.2, 0) is 11.3 Å². The van der Waals surface area contributed by atoms with Crippen molar-refractivity contribution >= 4 is 29.0 Å². The minimum atomic E-state index is -0.492. The number of Topliss-reactive ketones (excluding diaryl/α,β-unsaturated/α-hetero) is 1. The van der Waals surface area contributed by atoms with Gasteiger partial charge < -0.3 is 5.32 Å². The van der Waals surface area contributed by atoms with Gasteiger partial charge in [0.05, 0.1) is 0 Å². The zero-order valence-corrected chi connectivity index (χ0v) is 16.6. The van der Waals surface area contributed by atoms with Crippen LogP contribution in [0.4, 0.5) is 5.69 Å². The number of rotatable bonds is 5. The van der Waals surface area contributed by atoms with Gasteiger partial charge in [0.2, 0.25) is 11.7 Å². The van der Waals surface area contributed by atoms with E-state index in [4.69, 9.17) is 11.6 Å². The number of nitrogens with one attached hydrogen (secondary N) is 1. The van der Waals surface area contributed by atoms with Gasteiger partial charge in [0.1, 0.15) is 6.54 Å². The molecule has 0 fully saturated rings. The fraction of sp³-hybridized carbons (Fsp3) is 0.250. The highest BCUT2D eigenvalue weighted by Gasteiger charge is 2.21. The Morgan fingerprint density at radius 2 is 1.82 bits per heavy atom. The van der Waals surface area contributed by atoms with Crippen molar-refractivity contribution in [3.8, 4) is 11.4 Å². The van der Waals surface area contributed by atoms with Gasteiger partial charge in [0, 0.05) is 27.3 Å². The summed E-state index contributed by atoms with van der Waals surface area (Å²) in [7, 11) is 0. The first-order valence-electron chi connectivity index (χ1n) is 8.71. The molecule has 0 aliphatic heterocycles. The van der Waals surface area contributed by atoms with Gasteiger partial charge in [0.25, 0.3) is 0 Å². The van der Waals surface area contributed by atoms with E-state index in [2.05, 4.69) is 20.7 Å². The molecule has 1 heterocycles. The van der Waals surface area contributed by atoms with Crippen molar-refractivity contribution < 1.29 is 9.59 Å². The number of benzene rings is 2. The molecule has 7 nitrogen and oxygen atoms in total. The maximum absolute atomic E-state index is 12.5. The number of hydrogen-bond donors (Lipinski definition) is 1. The van der Waals surface area contributed by atoms with E-state index in [0.29, 0.717) is 22.1 Å². The zero-order valence-electron chi connectivity index (χ0n) is 15.8. The first-order valence-corrected chi connectivity index (χ1v) is 9.08. The second kappa shape index (κ2) is 7.90. The van der Waals surface area contributed by atoms with Crippen molar-refractivity contribution in [3.05, 3.63) is 59.1 Å². The number of ketones is 1. The maximum Gasteiger partial charge on any atom is 0.229 e. The Morgan fingerprint density at radius 3 is 2.46 bits per heavy atom. The highest BCUT2D eigenvalue weighted by atomic mass is 35.5. The molecule has 3 rings (SSSR count). The summed E-state index contributed by atoms with van der Waals surface area (Å²) in [6.45, 7) is 5.47. The Balaban J connectivity index is 1.66. The molecule has 0 atom stereocenters. The Bertz CT molecular complexity index is 1010. The fourth-order valence-corrected chi connectivity index (χ4v) is 2.52. The van der Waals surface area contributed by atoms with Gasteiger partial charge in [-0.1, -0.05) is 44.5 Å². The molecule has 1 amide bonds. The molecule has 28 heavy (non-hydrogen) atoms.